The van der Waals surface area contributed by atoms with Crippen LogP contribution in [-0.2, 0) is 10.5 Å². The number of aryl methyl sites for hydroxylation is 1. The minimum atomic E-state index is -0.604. The Labute approximate surface area is 156 Å². The molecule has 0 aromatic carbocycles. The number of hydrogen-bond acceptors (Lipinski definition) is 8. The van der Waals surface area contributed by atoms with Gasteiger partial charge in [-0.2, -0.15) is 0 Å². The number of nitrogens with one attached hydrogen (secondary N) is 2. The summed E-state index contributed by atoms with van der Waals surface area (Å²) in [7, 11) is 1.26. The molecule has 2 N–H and O–H groups in total. The van der Waals surface area contributed by atoms with E-state index in [1.807, 2.05) is 12.1 Å². The van der Waals surface area contributed by atoms with Crippen molar-refractivity contribution in [2.45, 2.75) is 17.8 Å². The number of aromatic amines is 2. The van der Waals surface area contributed by atoms with Gasteiger partial charge < -0.3 is 14.7 Å². The van der Waals surface area contributed by atoms with Gasteiger partial charge in [-0.05, 0) is 25.1 Å². The molecule has 0 fully saturated rings. The first-order valence-corrected chi connectivity index (χ1v) is 8.96. The van der Waals surface area contributed by atoms with E-state index in [1.54, 1.807) is 13.1 Å². The van der Waals surface area contributed by atoms with E-state index in [9.17, 15) is 9.59 Å². The molecule has 9 nitrogen and oxygen atoms in total. The fourth-order valence-corrected chi connectivity index (χ4v) is 3.41. The summed E-state index contributed by atoms with van der Waals surface area (Å²) in [6, 6.07) is 5.23. The Hall–Kier alpha value is -3.27. The quantitative estimate of drug-likeness (QED) is 0.312. The molecule has 4 aromatic heterocycles. The summed E-state index contributed by atoms with van der Waals surface area (Å²) in [5, 5.41) is 0.500. The van der Waals surface area contributed by atoms with E-state index in [1.165, 1.54) is 24.9 Å². The molecule has 0 radical (unpaired) electrons. The lowest BCUT2D eigenvalue weighted by Gasteiger charge is -2.06. The normalized spacial score (nSPS) is 11.2. The van der Waals surface area contributed by atoms with E-state index >= 15 is 0 Å². The molecule has 4 heterocycles. The molecule has 0 aliphatic carbocycles. The summed E-state index contributed by atoms with van der Waals surface area (Å²) < 4.78 is 4.75. The van der Waals surface area contributed by atoms with E-state index in [4.69, 9.17) is 4.74 Å². The van der Waals surface area contributed by atoms with Crippen LogP contribution in [0.1, 0.15) is 21.9 Å². The summed E-state index contributed by atoms with van der Waals surface area (Å²) in [6.07, 6.45) is 1.68. The van der Waals surface area contributed by atoms with Gasteiger partial charge in [-0.3, -0.25) is 4.79 Å². The fourth-order valence-electron chi connectivity index (χ4n) is 2.68. The van der Waals surface area contributed by atoms with Gasteiger partial charge in [0.2, 0.25) is 0 Å². The Bertz CT molecular complexity index is 1200. The molecule has 0 amide bonds. The Kier molecular flexibility index (Phi) is 4.32. The number of thioether (sulfide) groups is 1. The number of hydrogen-bond donors (Lipinski definition) is 2. The Morgan fingerprint density at radius 3 is 2.85 bits per heavy atom. The average molecular weight is 382 g/mol. The number of H-pyrrole nitrogens is 2. The van der Waals surface area contributed by atoms with E-state index in [0.29, 0.717) is 28.1 Å². The van der Waals surface area contributed by atoms with Crippen LogP contribution in [0.4, 0.5) is 0 Å². The lowest BCUT2D eigenvalue weighted by atomic mass is 10.1. The van der Waals surface area contributed by atoms with E-state index in [2.05, 4.69) is 29.9 Å². The van der Waals surface area contributed by atoms with Crippen molar-refractivity contribution in [2.24, 2.45) is 0 Å². The highest BCUT2D eigenvalue weighted by atomic mass is 32.2. The standard InChI is InChI=1S/C17H14N6O3S/c1-8-6-9(16(25)26-2)12-14(19-8)22-17(23-15(12)24)27-7-11-20-10-4-3-5-18-13(10)21-11/h3-6H,7H2,1-2H3,(H,18,20,21)(H,19,22,23,24). The van der Waals surface area contributed by atoms with Crippen molar-refractivity contribution in [3.8, 4) is 0 Å². The molecule has 4 aromatic rings. The third-order valence-corrected chi connectivity index (χ3v) is 4.73. The molecule has 136 valence electrons. The van der Waals surface area contributed by atoms with E-state index < -0.39 is 11.5 Å². The van der Waals surface area contributed by atoms with Crippen LogP contribution < -0.4 is 5.56 Å². The van der Waals surface area contributed by atoms with Crippen molar-refractivity contribution in [3.63, 3.8) is 0 Å². The van der Waals surface area contributed by atoms with Crippen LogP contribution in [0.25, 0.3) is 22.2 Å². The number of esters is 1. The molecule has 0 unspecified atom stereocenters. The van der Waals surface area contributed by atoms with Crippen molar-refractivity contribution < 1.29 is 9.53 Å². The van der Waals surface area contributed by atoms with Crippen molar-refractivity contribution in [1.29, 1.82) is 0 Å². The molecule has 10 heteroatoms. The maximum Gasteiger partial charge on any atom is 0.338 e. The molecular weight excluding hydrogens is 368 g/mol. The molecule has 0 aliphatic rings. The maximum atomic E-state index is 12.5. The van der Waals surface area contributed by atoms with Crippen LogP contribution in [0, 0.1) is 6.92 Å². The van der Waals surface area contributed by atoms with Crippen LogP contribution in [0.15, 0.2) is 34.3 Å². The second-order valence-electron chi connectivity index (χ2n) is 5.72. The van der Waals surface area contributed by atoms with Gasteiger partial charge >= 0.3 is 5.97 Å². The number of pyridine rings is 2. The number of fused-ring (bicyclic) bond motifs is 2. The van der Waals surface area contributed by atoms with Gasteiger partial charge in [-0.25, -0.2) is 24.7 Å². The number of carbonyl (C=O) groups is 1. The van der Waals surface area contributed by atoms with Gasteiger partial charge in [0, 0.05) is 11.9 Å². The number of methoxy groups -OCH3 is 1. The third-order valence-electron chi connectivity index (χ3n) is 3.84. The number of rotatable bonds is 4. The molecular formula is C17H14N6O3S. The Morgan fingerprint density at radius 1 is 1.22 bits per heavy atom. The SMILES string of the molecule is COC(=O)c1cc(C)nc2nc(SCc3nc4ncccc4[nH]3)[nH]c(=O)c12. The lowest BCUT2D eigenvalue weighted by Crippen LogP contribution is -2.16. The number of imidazole rings is 1. The summed E-state index contributed by atoms with van der Waals surface area (Å²) in [6.45, 7) is 1.73. The number of ether oxygens (including phenoxy) is 1. The monoisotopic (exact) mass is 382 g/mol. The summed E-state index contributed by atoms with van der Waals surface area (Å²) >= 11 is 1.30. The third kappa shape index (κ3) is 3.26. The largest absolute Gasteiger partial charge is 0.465 e. The lowest BCUT2D eigenvalue weighted by molar-refractivity contribution is 0.0602. The molecule has 4 rings (SSSR count). The summed E-state index contributed by atoms with van der Waals surface area (Å²) in [5.74, 6) is 0.567. The molecule has 27 heavy (non-hydrogen) atoms. The van der Waals surface area contributed by atoms with Gasteiger partial charge in [0.05, 0.1) is 29.3 Å². The van der Waals surface area contributed by atoms with Gasteiger partial charge in [0.25, 0.3) is 5.56 Å². The predicted octanol–water partition coefficient (Wildman–Crippen LogP) is 1.98. The minimum absolute atomic E-state index is 0.115. The van der Waals surface area contributed by atoms with Crippen molar-refractivity contribution in [1.82, 2.24) is 29.9 Å². The van der Waals surface area contributed by atoms with E-state index in [0.717, 1.165) is 5.52 Å². The van der Waals surface area contributed by atoms with Gasteiger partial charge in [0.1, 0.15) is 5.82 Å². The number of nitrogens with zero attached hydrogens (tertiary/aromatic N) is 4. The van der Waals surface area contributed by atoms with Crippen LogP contribution in [0.5, 0.6) is 0 Å². The first kappa shape index (κ1) is 17.2. The highest BCUT2D eigenvalue weighted by molar-refractivity contribution is 7.98. The molecule has 0 saturated carbocycles. The Balaban J connectivity index is 1.68. The summed E-state index contributed by atoms with van der Waals surface area (Å²) in [5.41, 5.74) is 1.95. The van der Waals surface area contributed by atoms with Crippen molar-refractivity contribution in [2.75, 3.05) is 7.11 Å². The van der Waals surface area contributed by atoms with Gasteiger partial charge in [-0.1, -0.05) is 11.8 Å². The Morgan fingerprint density at radius 2 is 2.07 bits per heavy atom. The molecule has 0 spiro atoms. The first-order chi connectivity index (χ1) is 13.0. The number of carbonyl (C=O) groups excluding carboxylic acids is 1. The zero-order valence-corrected chi connectivity index (χ0v) is 15.3. The summed E-state index contributed by atoms with van der Waals surface area (Å²) in [4.78, 5) is 47.5. The zero-order chi connectivity index (χ0) is 19.0. The van der Waals surface area contributed by atoms with Gasteiger partial charge in [0.15, 0.2) is 16.5 Å². The van der Waals surface area contributed by atoms with Crippen molar-refractivity contribution >= 4 is 39.9 Å². The second-order valence-corrected chi connectivity index (χ2v) is 6.68. The molecule has 0 bridgehead atoms. The van der Waals surface area contributed by atoms with Crippen LogP contribution in [0.3, 0.4) is 0 Å². The first-order valence-electron chi connectivity index (χ1n) is 7.97. The fraction of sp³-hybridized carbons (Fsp3) is 0.176. The van der Waals surface area contributed by atoms with E-state index in [-0.39, 0.29) is 16.6 Å². The van der Waals surface area contributed by atoms with Gasteiger partial charge in [-0.15, -0.1) is 0 Å². The second kappa shape index (κ2) is 6.80. The maximum absolute atomic E-state index is 12.5. The minimum Gasteiger partial charge on any atom is -0.465 e. The van der Waals surface area contributed by atoms with Crippen LogP contribution in [-0.4, -0.2) is 43.0 Å². The zero-order valence-electron chi connectivity index (χ0n) is 14.4. The molecule has 0 aliphatic heterocycles. The molecule has 0 saturated heterocycles. The average Bonchev–Trinajstić information content (AvgIpc) is 3.07. The highest BCUT2D eigenvalue weighted by Gasteiger charge is 2.17. The predicted molar refractivity (Wildman–Crippen MR) is 99.7 cm³/mol. The molecule has 0 atom stereocenters. The topological polar surface area (TPSA) is 127 Å². The van der Waals surface area contributed by atoms with Crippen LogP contribution >= 0.6 is 11.8 Å². The smallest absolute Gasteiger partial charge is 0.338 e. The van der Waals surface area contributed by atoms with Crippen molar-refractivity contribution in [3.05, 3.63) is 51.8 Å². The van der Waals surface area contributed by atoms with Crippen LogP contribution in [0.2, 0.25) is 0 Å². The highest BCUT2D eigenvalue weighted by Crippen LogP contribution is 2.21. The number of aromatic nitrogens is 6.